The molecule has 0 aliphatic carbocycles. The van der Waals surface area contributed by atoms with Gasteiger partial charge in [-0.3, -0.25) is 13.9 Å². The second-order valence-corrected chi connectivity index (χ2v) is 10.4. The van der Waals surface area contributed by atoms with Gasteiger partial charge in [-0.15, -0.1) is 0 Å². The van der Waals surface area contributed by atoms with Gasteiger partial charge in [-0.1, -0.05) is 54.3 Å². The second kappa shape index (κ2) is 9.85. The van der Waals surface area contributed by atoms with E-state index in [9.17, 15) is 13.6 Å². The maximum absolute atomic E-state index is 13.7. The zero-order valence-corrected chi connectivity index (χ0v) is 21.0. The molecule has 0 atom stereocenters. The summed E-state index contributed by atoms with van der Waals surface area (Å²) in [4.78, 5) is 18.6. The number of rotatable bonds is 6. The number of benzene rings is 3. The number of hydrogen-bond donors (Lipinski definition) is 0. The van der Waals surface area contributed by atoms with Gasteiger partial charge in [-0.25, -0.2) is 13.8 Å². The van der Waals surface area contributed by atoms with Gasteiger partial charge >= 0.3 is 0 Å². The highest BCUT2D eigenvalue weighted by atomic mass is 32.2. The SMILES string of the molecule is CCc1ccc(-n2c(=S)sc3c(=O)n(-c4ccc(F)cc4)c(SCc4cccc(F)c4)nc32)cc1. The molecule has 3 aromatic carbocycles. The smallest absolute Gasteiger partial charge is 0.275 e. The number of nitrogens with zero attached hydrogens (tertiary/aromatic N) is 3. The van der Waals surface area contributed by atoms with E-state index < -0.39 is 5.82 Å². The molecule has 0 N–H and O–H groups in total. The van der Waals surface area contributed by atoms with Gasteiger partial charge in [0.1, 0.15) is 16.3 Å². The fourth-order valence-electron chi connectivity index (χ4n) is 3.73. The van der Waals surface area contributed by atoms with Crippen LogP contribution in [0.2, 0.25) is 0 Å². The molecular weight excluding hydrogens is 505 g/mol. The van der Waals surface area contributed by atoms with Crippen molar-refractivity contribution in [1.29, 1.82) is 0 Å². The van der Waals surface area contributed by atoms with Gasteiger partial charge in [0, 0.05) is 11.4 Å². The van der Waals surface area contributed by atoms with E-state index in [0.29, 0.717) is 30.9 Å². The van der Waals surface area contributed by atoms with Gasteiger partial charge in [-0.2, -0.15) is 0 Å². The summed E-state index contributed by atoms with van der Waals surface area (Å²) in [6, 6.07) is 20.0. The first-order valence-electron chi connectivity index (χ1n) is 10.9. The first-order valence-corrected chi connectivity index (χ1v) is 13.1. The van der Waals surface area contributed by atoms with E-state index in [2.05, 4.69) is 6.92 Å². The number of thiazole rings is 1. The molecule has 0 saturated heterocycles. The quantitative estimate of drug-likeness (QED) is 0.135. The maximum atomic E-state index is 13.7. The summed E-state index contributed by atoms with van der Waals surface area (Å²) < 4.78 is 31.5. The molecule has 0 saturated carbocycles. The first-order chi connectivity index (χ1) is 16.9. The summed E-state index contributed by atoms with van der Waals surface area (Å²) in [6.45, 7) is 2.09. The minimum atomic E-state index is -0.401. The van der Waals surface area contributed by atoms with Crippen LogP contribution in [0, 0.1) is 15.6 Å². The van der Waals surface area contributed by atoms with Crippen molar-refractivity contribution in [3.63, 3.8) is 0 Å². The number of halogens is 2. The van der Waals surface area contributed by atoms with Crippen molar-refractivity contribution in [2.75, 3.05) is 0 Å². The van der Waals surface area contributed by atoms with E-state index in [1.54, 1.807) is 10.6 Å². The molecule has 0 aliphatic rings. The van der Waals surface area contributed by atoms with E-state index in [4.69, 9.17) is 17.2 Å². The molecule has 5 aromatic rings. The van der Waals surface area contributed by atoms with Crippen LogP contribution in [-0.4, -0.2) is 14.1 Å². The van der Waals surface area contributed by atoms with Crippen molar-refractivity contribution >= 4 is 45.7 Å². The van der Waals surface area contributed by atoms with Crippen LogP contribution in [0.25, 0.3) is 21.7 Å². The third-order valence-electron chi connectivity index (χ3n) is 5.52. The molecule has 176 valence electrons. The van der Waals surface area contributed by atoms with E-state index in [1.807, 2.05) is 30.3 Å². The number of aryl methyl sites for hydroxylation is 1. The van der Waals surface area contributed by atoms with Crippen LogP contribution in [0.4, 0.5) is 8.78 Å². The molecule has 35 heavy (non-hydrogen) atoms. The number of aromatic nitrogens is 3. The Kier molecular flexibility index (Phi) is 6.64. The molecule has 0 bridgehead atoms. The van der Waals surface area contributed by atoms with Crippen LogP contribution in [0.5, 0.6) is 0 Å². The van der Waals surface area contributed by atoms with Crippen molar-refractivity contribution in [2.24, 2.45) is 0 Å². The predicted octanol–water partition coefficient (Wildman–Crippen LogP) is 7.10. The van der Waals surface area contributed by atoms with Gasteiger partial charge in [0.2, 0.25) is 0 Å². The fraction of sp³-hybridized carbons (Fsp3) is 0.115. The lowest BCUT2D eigenvalue weighted by Gasteiger charge is -2.13. The summed E-state index contributed by atoms with van der Waals surface area (Å²) in [5.41, 5.74) is 3.44. The Morgan fingerprint density at radius 1 is 0.914 bits per heavy atom. The zero-order valence-electron chi connectivity index (χ0n) is 18.6. The van der Waals surface area contributed by atoms with Crippen LogP contribution in [0.1, 0.15) is 18.1 Å². The Hall–Kier alpha value is -3.14. The zero-order chi connectivity index (χ0) is 24.5. The summed E-state index contributed by atoms with van der Waals surface area (Å²) in [7, 11) is 0. The van der Waals surface area contributed by atoms with Crippen LogP contribution >= 0.6 is 35.3 Å². The van der Waals surface area contributed by atoms with E-state index in [-0.39, 0.29) is 11.4 Å². The standard InChI is InChI=1S/C26H19F2N3OS3/c1-2-16-6-10-20(11-7-16)30-23-22(35-26(30)33)24(32)31(21-12-8-18(27)9-13-21)25(29-23)34-15-17-4-3-5-19(28)14-17/h3-14H,2,15H2,1H3. The molecule has 2 aromatic heterocycles. The Morgan fingerprint density at radius 3 is 2.29 bits per heavy atom. The minimum Gasteiger partial charge on any atom is -0.275 e. The average molecular weight is 524 g/mol. The molecule has 0 amide bonds. The maximum Gasteiger partial charge on any atom is 0.278 e. The third kappa shape index (κ3) is 4.71. The summed E-state index contributed by atoms with van der Waals surface area (Å²) in [6.07, 6.45) is 0.914. The molecule has 2 heterocycles. The topological polar surface area (TPSA) is 39.8 Å². The van der Waals surface area contributed by atoms with Crippen LogP contribution in [0.3, 0.4) is 0 Å². The molecule has 0 radical (unpaired) electrons. The van der Waals surface area contributed by atoms with Crippen molar-refractivity contribution in [2.45, 2.75) is 24.3 Å². The van der Waals surface area contributed by atoms with Crippen molar-refractivity contribution in [3.8, 4) is 11.4 Å². The number of hydrogen-bond acceptors (Lipinski definition) is 5. The highest BCUT2D eigenvalue weighted by Crippen LogP contribution is 2.29. The van der Waals surface area contributed by atoms with Crippen LogP contribution < -0.4 is 5.56 Å². The molecule has 0 aliphatic heterocycles. The lowest BCUT2D eigenvalue weighted by atomic mass is 10.1. The molecule has 0 fully saturated rings. The highest BCUT2D eigenvalue weighted by Gasteiger charge is 2.19. The van der Waals surface area contributed by atoms with Gasteiger partial charge in [0.25, 0.3) is 5.56 Å². The van der Waals surface area contributed by atoms with Gasteiger partial charge in [-0.05, 0) is 78.3 Å². The molecule has 9 heteroatoms. The van der Waals surface area contributed by atoms with Gasteiger partial charge < -0.3 is 0 Å². The highest BCUT2D eigenvalue weighted by molar-refractivity contribution is 7.98. The normalized spacial score (nSPS) is 11.3. The third-order valence-corrected chi connectivity index (χ3v) is 7.88. The number of thioether (sulfide) groups is 1. The Balaban J connectivity index is 1.70. The average Bonchev–Trinajstić information content (AvgIpc) is 3.20. The largest absolute Gasteiger partial charge is 0.278 e. The predicted molar refractivity (Wildman–Crippen MR) is 141 cm³/mol. The lowest BCUT2D eigenvalue weighted by Crippen LogP contribution is -2.21. The molecule has 0 spiro atoms. The monoisotopic (exact) mass is 523 g/mol. The minimum absolute atomic E-state index is 0.289. The van der Waals surface area contributed by atoms with Crippen molar-refractivity contribution < 1.29 is 8.78 Å². The summed E-state index contributed by atoms with van der Waals surface area (Å²) in [5, 5.41) is 0.407. The second-order valence-electron chi connectivity index (χ2n) is 7.81. The van der Waals surface area contributed by atoms with Crippen LogP contribution in [0.15, 0.2) is 82.7 Å². The molecule has 4 nitrogen and oxygen atoms in total. The Labute approximate surface area is 213 Å². The first kappa shape index (κ1) is 23.6. The molecule has 0 unspecified atom stereocenters. The van der Waals surface area contributed by atoms with Crippen molar-refractivity contribution in [3.05, 3.63) is 110 Å². The summed E-state index contributed by atoms with van der Waals surface area (Å²) >= 11 is 8.13. The van der Waals surface area contributed by atoms with Gasteiger partial charge in [0.05, 0.1) is 5.69 Å². The van der Waals surface area contributed by atoms with E-state index >= 15 is 0 Å². The van der Waals surface area contributed by atoms with Crippen LogP contribution in [-0.2, 0) is 12.2 Å². The summed E-state index contributed by atoms with van der Waals surface area (Å²) in [5.74, 6) is -0.334. The fourth-order valence-corrected chi connectivity index (χ4v) is 5.98. The lowest BCUT2D eigenvalue weighted by molar-refractivity contribution is 0.626. The molecule has 5 rings (SSSR count). The van der Waals surface area contributed by atoms with E-state index in [1.165, 1.54) is 69.6 Å². The van der Waals surface area contributed by atoms with Gasteiger partial charge in [0.15, 0.2) is 14.8 Å². The Bertz CT molecular complexity index is 1640. The Morgan fingerprint density at radius 2 is 1.60 bits per heavy atom. The molecular formula is C26H19F2N3OS3. The van der Waals surface area contributed by atoms with E-state index in [0.717, 1.165) is 17.7 Å². The van der Waals surface area contributed by atoms with Crippen molar-refractivity contribution in [1.82, 2.24) is 14.1 Å². The number of fused-ring (bicyclic) bond motifs is 1.